The highest BCUT2D eigenvalue weighted by Crippen LogP contribution is 2.19. The Bertz CT molecular complexity index is 338. The summed E-state index contributed by atoms with van der Waals surface area (Å²) in [7, 11) is 1.44. The molecule has 16 heavy (non-hydrogen) atoms. The molecule has 0 bridgehead atoms. The molecule has 1 unspecified atom stereocenters. The van der Waals surface area contributed by atoms with E-state index in [-0.39, 0.29) is 24.8 Å². The molecular weight excluding hydrogens is 212 g/mol. The van der Waals surface area contributed by atoms with Gasteiger partial charge in [-0.2, -0.15) is 0 Å². The number of carboxylic acid groups (broad SMARTS) is 1. The summed E-state index contributed by atoms with van der Waals surface area (Å²) in [5.41, 5.74) is -1.26. The smallest absolute Gasteiger partial charge is 0.329 e. The number of carboxylic acids is 1. The standard InChI is InChI=1S/C10H16N2O4/c1-10(2,9(15)16)12(3)8(14)6-4-7(13)11-5-6/h6H,4-5H2,1-3H3,(H,11,13)(H,15,16). The molecule has 0 spiro atoms. The predicted octanol–water partition coefficient (Wildman–Crippen LogP) is -0.556. The quantitative estimate of drug-likeness (QED) is 0.678. The monoisotopic (exact) mass is 228 g/mol. The molecule has 0 saturated carbocycles. The minimum Gasteiger partial charge on any atom is -0.480 e. The molecule has 6 nitrogen and oxygen atoms in total. The Kier molecular flexibility index (Phi) is 3.21. The Balaban J connectivity index is 2.74. The Labute approximate surface area is 93.6 Å². The summed E-state index contributed by atoms with van der Waals surface area (Å²) in [5, 5.41) is 11.5. The van der Waals surface area contributed by atoms with Gasteiger partial charge in [0.1, 0.15) is 5.54 Å². The first-order chi connectivity index (χ1) is 7.26. The molecule has 1 aliphatic heterocycles. The molecule has 2 amide bonds. The van der Waals surface area contributed by atoms with Crippen molar-refractivity contribution in [3.05, 3.63) is 0 Å². The van der Waals surface area contributed by atoms with Crippen molar-refractivity contribution in [2.24, 2.45) is 5.92 Å². The van der Waals surface area contributed by atoms with E-state index in [2.05, 4.69) is 5.32 Å². The number of carbonyl (C=O) groups excluding carboxylic acids is 2. The molecule has 0 aliphatic carbocycles. The first-order valence-corrected chi connectivity index (χ1v) is 5.04. The molecule has 1 heterocycles. The maximum Gasteiger partial charge on any atom is 0.329 e. The molecule has 1 fully saturated rings. The Morgan fingerprint density at radius 3 is 2.44 bits per heavy atom. The molecule has 0 aromatic rings. The number of nitrogens with zero attached hydrogens (tertiary/aromatic N) is 1. The number of aliphatic carboxylic acids is 1. The van der Waals surface area contributed by atoms with Crippen molar-refractivity contribution in [1.82, 2.24) is 10.2 Å². The summed E-state index contributed by atoms with van der Waals surface area (Å²) in [6.07, 6.45) is 0.138. The number of carbonyl (C=O) groups is 3. The van der Waals surface area contributed by atoms with E-state index in [1.54, 1.807) is 0 Å². The van der Waals surface area contributed by atoms with Crippen LogP contribution in [0.5, 0.6) is 0 Å². The largest absolute Gasteiger partial charge is 0.480 e. The van der Waals surface area contributed by atoms with Crippen molar-refractivity contribution < 1.29 is 19.5 Å². The summed E-state index contributed by atoms with van der Waals surface area (Å²) < 4.78 is 0. The van der Waals surface area contributed by atoms with Crippen molar-refractivity contribution in [3.63, 3.8) is 0 Å². The third-order valence-electron chi connectivity index (χ3n) is 3.02. The fourth-order valence-electron chi connectivity index (χ4n) is 1.47. The normalized spacial score (nSPS) is 20.4. The predicted molar refractivity (Wildman–Crippen MR) is 55.6 cm³/mol. The topological polar surface area (TPSA) is 86.7 Å². The van der Waals surface area contributed by atoms with Gasteiger partial charge in [-0.05, 0) is 13.8 Å². The van der Waals surface area contributed by atoms with E-state index >= 15 is 0 Å². The number of hydrogen-bond donors (Lipinski definition) is 2. The number of hydrogen-bond acceptors (Lipinski definition) is 3. The summed E-state index contributed by atoms with van der Waals surface area (Å²) in [6, 6.07) is 0. The Morgan fingerprint density at radius 2 is 2.06 bits per heavy atom. The number of amides is 2. The highest BCUT2D eigenvalue weighted by molar-refractivity contribution is 5.92. The van der Waals surface area contributed by atoms with Gasteiger partial charge in [0.2, 0.25) is 11.8 Å². The Hall–Kier alpha value is -1.59. The zero-order valence-electron chi connectivity index (χ0n) is 9.61. The van der Waals surface area contributed by atoms with Crippen molar-refractivity contribution in [3.8, 4) is 0 Å². The van der Waals surface area contributed by atoms with Crippen LogP contribution in [0.2, 0.25) is 0 Å². The van der Waals surface area contributed by atoms with Crippen LogP contribution in [0.4, 0.5) is 0 Å². The average Bonchev–Trinajstić information content (AvgIpc) is 2.62. The number of nitrogens with one attached hydrogen (secondary N) is 1. The molecule has 6 heteroatoms. The highest BCUT2D eigenvalue weighted by atomic mass is 16.4. The lowest BCUT2D eigenvalue weighted by Gasteiger charge is -2.33. The van der Waals surface area contributed by atoms with Gasteiger partial charge in [-0.25, -0.2) is 4.79 Å². The lowest BCUT2D eigenvalue weighted by Crippen LogP contribution is -2.52. The Morgan fingerprint density at radius 1 is 1.50 bits per heavy atom. The van der Waals surface area contributed by atoms with Crippen molar-refractivity contribution in [2.45, 2.75) is 25.8 Å². The van der Waals surface area contributed by atoms with Crippen LogP contribution >= 0.6 is 0 Å². The van der Waals surface area contributed by atoms with Gasteiger partial charge in [0.25, 0.3) is 0 Å². The third-order valence-corrected chi connectivity index (χ3v) is 3.02. The van der Waals surface area contributed by atoms with E-state index in [1.807, 2.05) is 0 Å². The van der Waals surface area contributed by atoms with Gasteiger partial charge in [-0.15, -0.1) is 0 Å². The van der Waals surface area contributed by atoms with Crippen LogP contribution in [0.3, 0.4) is 0 Å². The van der Waals surface area contributed by atoms with Gasteiger partial charge in [0.05, 0.1) is 5.92 Å². The van der Waals surface area contributed by atoms with E-state index < -0.39 is 17.4 Å². The van der Waals surface area contributed by atoms with Crippen molar-refractivity contribution in [1.29, 1.82) is 0 Å². The van der Waals surface area contributed by atoms with Crippen LogP contribution in [-0.2, 0) is 14.4 Å². The minimum atomic E-state index is -1.26. The van der Waals surface area contributed by atoms with Gasteiger partial charge in [-0.1, -0.05) is 0 Å². The number of rotatable bonds is 3. The van der Waals surface area contributed by atoms with Crippen LogP contribution in [0.25, 0.3) is 0 Å². The van der Waals surface area contributed by atoms with E-state index in [9.17, 15) is 14.4 Å². The molecule has 1 rings (SSSR count). The lowest BCUT2D eigenvalue weighted by atomic mass is 10.00. The van der Waals surface area contributed by atoms with Gasteiger partial charge < -0.3 is 15.3 Å². The number of likely N-dealkylation sites (N-methyl/N-ethyl adjacent to an activating group) is 1. The molecule has 2 N–H and O–H groups in total. The second-order valence-corrected chi connectivity index (χ2v) is 4.47. The minimum absolute atomic E-state index is 0.138. The van der Waals surface area contributed by atoms with E-state index in [0.29, 0.717) is 0 Å². The molecule has 0 aromatic carbocycles. The second kappa shape index (κ2) is 4.11. The zero-order valence-corrected chi connectivity index (χ0v) is 9.61. The summed E-state index contributed by atoms with van der Waals surface area (Å²) in [5.74, 6) is -2.00. The molecule has 1 aliphatic rings. The lowest BCUT2D eigenvalue weighted by molar-refractivity contribution is -0.156. The van der Waals surface area contributed by atoms with Crippen LogP contribution in [0.1, 0.15) is 20.3 Å². The maximum absolute atomic E-state index is 11.9. The molecule has 90 valence electrons. The van der Waals surface area contributed by atoms with Gasteiger partial charge in [-0.3, -0.25) is 9.59 Å². The average molecular weight is 228 g/mol. The molecular formula is C10H16N2O4. The SMILES string of the molecule is CN(C(=O)C1CNC(=O)C1)C(C)(C)C(=O)O. The van der Waals surface area contributed by atoms with E-state index in [4.69, 9.17) is 5.11 Å². The zero-order chi connectivity index (χ0) is 12.5. The maximum atomic E-state index is 11.9. The summed E-state index contributed by atoms with van der Waals surface area (Å²) in [6.45, 7) is 3.20. The summed E-state index contributed by atoms with van der Waals surface area (Å²) in [4.78, 5) is 35.0. The van der Waals surface area contributed by atoms with Gasteiger partial charge in [0.15, 0.2) is 0 Å². The van der Waals surface area contributed by atoms with Gasteiger partial charge >= 0.3 is 5.97 Å². The van der Waals surface area contributed by atoms with Crippen molar-refractivity contribution >= 4 is 17.8 Å². The molecule has 1 saturated heterocycles. The first-order valence-electron chi connectivity index (χ1n) is 5.04. The van der Waals surface area contributed by atoms with E-state index in [1.165, 1.54) is 25.8 Å². The second-order valence-electron chi connectivity index (χ2n) is 4.47. The van der Waals surface area contributed by atoms with Crippen LogP contribution in [0, 0.1) is 5.92 Å². The fraction of sp³-hybridized carbons (Fsp3) is 0.700. The van der Waals surface area contributed by atoms with Crippen molar-refractivity contribution in [2.75, 3.05) is 13.6 Å². The van der Waals surface area contributed by atoms with E-state index in [0.717, 1.165) is 0 Å². The third kappa shape index (κ3) is 2.15. The molecule has 0 radical (unpaired) electrons. The molecule has 1 atom stereocenters. The van der Waals surface area contributed by atoms with Gasteiger partial charge in [0, 0.05) is 20.0 Å². The highest BCUT2D eigenvalue weighted by Gasteiger charge is 2.39. The van der Waals surface area contributed by atoms with Crippen LogP contribution in [0.15, 0.2) is 0 Å². The summed E-state index contributed by atoms with van der Waals surface area (Å²) >= 11 is 0. The fourth-order valence-corrected chi connectivity index (χ4v) is 1.47. The van der Waals surface area contributed by atoms with Crippen LogP contribution in [-0.4, -0.2) is 46.9 Å². The first kappa shape index (κ1) is 12.5. The van der Waals surface area contributed by atoms with Crippen LogP contribution < -0.4 is 5.32 Å². The molecule has 0 aromatic heterocycles.